The van der Waals surface area contributed by atoms with E-state index in [1.165, 1.54) is 0 Å². The molecule has 1 aromatic carbocycles. The Morgan fingerprint density at radius 2 is 1.95 bits per heavy atom. The molecule has 0 saturated heterocycles. The van der Waals surface area contributed by atoms with E-state index >= 15 is 0 Å². The largest absolute Gasteiger partial charge is 0.459 e. The number of aryl methyl sites for hydroxylation is 1. The quantitative estimate of drug-likeness (QED) is 0.887. The number of carbonyl (C=O) groups excluding carboxylic acids is 1. The average molecular weight is 289 g/mol. The van der Waals surface area contributed by atoms with Gasteiger partial charge in [-0.1, -0.05) is 32.0 Å². The molecule has 0 radical (unpaired) electrons. The summed E-state index contributed by atoms with van der Waals surface area (Å²) in [5.41, 5.74) is 1.87. The first-order chi connectivity index (χ1) is 9.90. The van der Waals surface area contributed by atoms with Crippen molar-refractivity contribution in [1.82, 2.24) is 5.32 Å². The molecule has 0 bridgehead atoms. The summed E-state index contributed by atoms with van der Waals surface area (Å²) in [6.07, 6.45) is -0.504. The average Bonchev–Trinajstić information content (AvgIpc) is 2.76. The Labute approximate surface area is 125 Å². The summed E-state index contributed by atoms with van der Waals surface area (Å²) in [6.45, 7) is 7.67. The van der Waals surface area contributed by atoms with Crippen molar-refractivity contribution in [3.8, 4) is 0 Å². The number of para-hydroxylation sites is 1. The highest BCUT2D eigenvalue weighted by Gasteiger charge is 2.20. The van der Waals surface area contributed by atoms with Crippen LogP contribution in [-0.4, -0.2) is 17.1 Å². The molecule has 21 heavy (non-hydrogen) atoms. The van der Waals surface area contributed by atoms with Crippen LogP contribution >= 0.6 is 0 Å². The molecule has 0 saturated carbocycles. The van der Waals surface area contributed by atoms with E-state index in [9.17, 15) is 9.90 Å². The first kappa shape index (κ1) is 15.6. The molecule has 4 heteroatoms. The lowest BCUT2D eigenvalue weighted by Crippen LogP contribution is -2.31. The maximum Gasteiger partial charge on any atom is 0.223 e. The number of furan rings is 1. The molecule has 114 valence electrons. The van der Waals surface area contributed by atoms with Crippen LogP contribution in [0.25, 0.3) is 11.0 Å². The van der Waals surface area contributed by atoms with Gasteiger partial charge in [0.2, 0.25) is 5.91 Å². The van der Waals surface area contributed by atoms with E-state index in [1.54, 1.807) is 0 Å². The summed E-state index contributed by atoms with van der Waals surface area (Å²) in [5.74, 6) is 0.672. The summed E-state index contributed by atoms with van der Waals surface area (Å²) >= 11 is 0. The third kappa shape index (κ3) is 3.45. The van der Waals surface area contributed by atoms with Crippen LogP contribution in [0.3, 0.4) is 0 Å². The first-order valence-corrected chi connectivity index (χ1v) is 7.35. The SMILES string of the molecule is Cc1c(C(C)NC(=O)CC(O)C(C)C)oc2ccccc12. The highest BCUT2D eigenvalue weighted by molar-refractivity contribution is 5.82. The summed E-state index contributed by atoms with van der Waals surface area (Å²) in [4.78, 5) is 12.0. The van der Waals surface area contributed by atoms with Crippen LogP contribution < -0.4 is 5.32 Å². The molecule has 2 aromatic rings. The number of aliphatic hydroxyl groups excluding tert-OH is 1. The topological polar surface area (TPSA) is 62.5 Å². The number of carbonyl (C=O) groups is 1. The summed E-state index contributed by atoms with van der Waals surface area (Å²) in [5, 5.41) is 13.7. The lowest BCUT2D eigenvalue weighted by atomic mass is 10.0. The monoisotopic (exact) mass is 289 g/mol. The number of hydrogen-bond donors (Lipinski definition) is 2. The molecule has 0 aliphatic heterocycles. The second-order valence-corrected chi connectivity index (χ2v) is 5.89. The maximum absolute atomic E-state index is 12.0. The van der Waals surface area contributed by atoms with Gasteiger partial charge in [0.15, 0.2) is 0 Å². The number of amides is 1. The molecule has 4 nitrogen and oxygen atoms in total. The Bertz CT molecular complexity index is 630. The van der Waals surface area contributed by atoms with Gasteiger partial charge >= 0.3 is 0 Å². The lowest BCUT2D eigenvalue weighted by Gasteiger charge is -2.17. The minimum Gasteiger partial charge on any atom is -0.459 e. The molecule has 2 N–H and O–H groups in total. The van der Waals surface area contributed by atoms with Gasteiger partial charge in [-0.2, -0.15) is 0 Å². The van der Waals surface area contributed by atoms with Gasteiger partial charge in [0.05, 0.1) is 18.6 Å². The van der Waals surface area contributed by atoms with E-state index in [1.807, 2.05) is 52.0 Å². The van der Waals surface area contributed by atoms with Gasteiger partial charge in [-0.15, -0.1) is 0 Å². The Morgan fingerprint density at radius 1 is 1.29 bits per heavy atom. The molecule has 1 amide bonds. The van der Waals surface area contributed by atoms with Crippen LogP contribution in [0.15, 0.2) is 28.7 Å². The van der Waals surface area contributed by atoms with Gasteiger partial charge in [-0.3, -0.25) is 4.79 Å². The fraction of sp³-hybridized carbons (Fsp3) is 0.471. The Kier molecular flexibility index (Phi) is 4.68. The summed E-state index contributed by atoms with van der Waals surface area (Å²) in [6, 6.07) is 7.61. The molecular weight excluding hydrogens is 266 g/mol. The van der Waals surface area contributed by atoms with Gasteiger partial charge in [-0.05, 0) is 25.8 Å². The zero-order chi connectivity index (χ0) is 15.6. The number of rotatable bonds is 5. The zero-order valence-electron chi connectivity index (χ0n) is 13.0. The highest BCUT2D eigenvalue weighted by Crippen LogP contribution is 2.29. The molecular formula is C17H23NO3. The van der Waals surface area contributed by atoms with E-state index in [0.29, 0.717) is 0 Å². The van der Waals surface area contributed by atoms with E-state index < -0.39 is 6.10 Å². The smallest absolute Gasteiger partial charge is 0.223 e. The van der Waals surface area contributed by atoms with Crippen molar-refractivity contribution in [1.29, 1.82) is 0 Å². The molecule has 0 aliphatic carbocycles. The second-order valence-electron chi connectivity index (χ2n) is 5.89. The van der Waals surface area contributed by atoms with Crippen molar-refractivity contribution in [2.24, 2.45) is 5.92 Å². The second kappa shape index (κ2) is 6.31. The van der Waals surface area contributed by atoms with E-state index in [0.717, 1.165) is 22.3 Å². The van der Waals surface area contributed by atoms with Crippen LogP contribution in [0.1, 0.15) is 44.6 Å². The predicted molar refractivity (Wildman–Crippen MR) is 83.0 cm³/mol. The number of hydrogen-bond acceptors (Lipinski definition) is 3. The summed E-state index contributed by atoms with van der Waals surface area (Å²) < 4.78 is 5.84. The fourth-order valence-electron chi connectivity index (χ4n) is 2.40. The number of fused-ring (bicyclic) bond motifs is 1. The maximum atomic E-state index is 12.0. The van der Waals surface area contributed by atoms with Crippen molar-refractivity contribution in [2.75, 3.05) is 0 Å². The molecule has 1 aromatic heterocycles. The normalized spacial score (nSPS) is 14.4. The van der Waals surface area contributed by atoms with Crippen LogP contribution in [0.2, 0.25) is 0 Å². The molecule has 0 aliphatic rings. The summed E-state index contributed by atoms with van der Waals surface area (Å²) in [7, 11) is 0. The predicted octanol–water partition coefficient (Wildman–Crippen LogP) is 3.33. The number of aliphatic hydroxyl groups is 1. The molecule has 2 atom stereocenters. The van der Waals surface area contributed by atoms with Gasteiger partial charge in [0, 0.05) is 10.9 Å². The minimum atomic E-state index is -0.617. The van der Waals surface area contributed by atoms with Crippen molar-refractivity contribution in [2.45, 2.75) is 46.3 Å². The number of benzene rings is 1. The Balaban J connectivity index is 2.10. The van der Waals surface area contributed by atoms with E-state index in [4.69, 9.17) is 4.42 Å². The van der Waals surface area contributed by atoms with Gasteiger partial charge in [-0.25, -0.2) is 0 Å². The molecule has 2 unspecified atom stereocenters. The minimum absolute atomic E-state index is 0.0685. The standard InChI is InChI=1S/C17H23NO3/c1-10(2)14(19)9-16(20)18-12(4)17-11(3)13-7-5-6-8-15(13)21-17/h5-8,10,12,14,19H,9H2,1-4H3,(H,18,20). The van der Waals surface area contributed by atoms with Gasteiger partial charge in [0.25, 0.3) is 0 Å². The van der Waals surface area contributed by atoms with Gasteiger partial charge in [0.1, 0.15) is 11.3 Å². The third-order valence-corrected chi connectivity index (χ3v) is 3.82. The molecule has 2 rings (SSSR count). The van der Waals surface area contributed by atoms with E-state index in [-0.39, 0.29) is 24.3 Å². The van der Waals surface area contributed by atoms with Crippen molar-refractivity contribution in [3.05, 3.63) is 35.6 Å². The van der Waals surface area contributed by atoms with Crippen molar-refractivity contribution < 1.29 is 14.3 Å². The van der Waals surface area contributed by atoms with E-state index in [2.05, 4.69) is 5.32 Å². The third-order valence-electron chi connectivity index (χ3n) is 3.82. The van der Waals surface area contributed by atoms with Crippen LogP contribution in [0.4, 0.5) is 0 Å². The molecule has 0 spiro atoms. The Hall–Kier alpha value is -1.81. The molecule has 1 heterocycles. The number of nitrogens with one attached hydrogen (secondary N) is 1. The van der Waals surface area contributed by atoms with Crippen LogP contribution in [0.5, 0.6) is 0 Å². The first-order valence-electron chi connectivity index (χ1n) is 7.35. The molecule has 0 fully saturated rings. The Morgan fingerprint density at radius 3 is 2.57 bits per heavy atom. The highest BCUT2D eigenvalue weighted by atomic mass is 16.3. The van der Waals surface area contributed by atoms with Crippen molar-refractivity contribution in [3.63, 3.8) is 0 Å². The van der Waals surface area contributed by atoms with Gasteiger partial charge < -0.3 is 14.8 Å². The van der Waals surface area contributed by atoms with Crippen molar-refractivity contribution >= 4 is 16.9 Å². The van der Waals surface area contributed by atoms with Crippen LogP contribution in [-0.2, 0) is 4.79 Å². The zero-order valence-corrected chi connectivity index (χ0v) is 13.0. The van der Waals surface area contributed by atoms with Crippen LogP contribution in [0, 0.1) is 12.8 Å². The lowest BCUT2D eigenvalue weighted by molar-refractivity contribution is -0.124. The fourth-order valence-corrected chi connectivity index (χ4v) is 2.40.